The summed E-state index contributed by atoms with van der Waals surface area (Å²) in [5.74, 6) is 0.439. The summed E-state index contributed by atoms with van der Waals surface area (Å²) >= 11 is 0. The number of aromatic nitrogens is 2. The molecule has 1 aromatic heterocycles. The first-order chi connectivity index (χ1) is 7.45. The lowest BCUT2D eigenvalue weighted by molar-refractivity contribution is 0.0807. The molecule has 1 aromatic carbocycles. The molecule has 1 aliphatic rings. The number of nitrogens with zero attached hydrogens (tertiary/aromatic N) is 2. The third-order valence-electron chi connectivity index (χ3n) is 2.92. The van der Waals surface area contributed by atoms with Gasteiger partial charge >= 0.3 is 0 Å². The van der Waals surface area contributed by atoms with Crippen molar-refractivity contribution < 1.29 is 9.37 Å². The molecule has 4 nitrogen and oxygen atoms in total. The quantitative estimate of drug-likeness (QED) is 0.713. The molecule has 1 saturated heterocycles. The van der Waals surface area contributed by atoms with Crippen molar-refractivity contribution in [3.05, 3.63) is 23.8 Å². The third-order valence-corrected chi connectivity index (χ3v) is 2.92. The zero-order valence-electron chi connectivity index (χ0n) is 8.35. The van der Waals surface area contributed by atoms with Gasteiger partial charge in [-0.2, -0.15) is 0 Å². The van der Waals surface area contributed by atoms with Crippen LogP contribution in [0.4, 0.5) is 0 Å². The lowest BCUT2D eigenvalue weighted by atomic mass is 9.93. The highest BCUT2D eigenvalue weighted by Gasteiger charge is 2.19. The van der Waals surface area contributed by atoms with Crippen molar-refractivity contribution >= 4 is 11.0 Å². The minimum absolute atomic E-state index is 0.439. The average Bonchev–Trinajstić information content (AvgIpc) is 2.78. The van der Waals surface area contributed by atoms with Gasteiger partial charge in [-0.15, -0.1) is 0 Å². The number of fused-ring (bicyclic) bond motifs is 1. The Morgan fingerprint density at radius 2 is 2.27 bits per heavy atom. The van der Waals surface area contributed by atoms with Crippen molar-refractivity contribution in [1.29, 1.82) is 0 Å². The molecule has 2 heterocycles. The average molecular weight is 204 g/mol. The van der Waals surface area contributed by atoms with Gasteiger partial charge in [0.25, 0.3) is 0 Å². The van der Waals surface area contributed by atoms with Gasteiger partial charge in [-0.1, -0.05) is 12.1 Å². The number of hydrogen-bond acceptors (Lipinski definition) is 4. The molecule has 0 radical (unpaired) electrons. The lowest BCUT2D eigenvalue weighted by Crippen LogP contribution is -2.15. The molecule has 1 aliphatic heterocycles. The first-order valence-electron chi connectivity index (χ1n) is 5.24. The molecule has 1 atom stereocenters. The van der Waals surface area contributed by atoms with Crippen molar-refractivity contribution in [2.24, 2.45) is 0 Å². The fourth-order valence-electron chi connectivity index (χ4n) is 2.14. The molecular weight excluding hydrogens is 192 g/mol. The van der Waals surface area contributed by atoms with Gasteiger partial charge in [-0.3, -0.25) is 0 Å². The summed E-state index contributed by atoms with van der Waals surface area (Å²) in [4.78, 5) is 0. The maximum absolute atomic E-state index is 5.48. The fraction of sp³-hybridized carbons (Fsp3) is 0.455. The molecule has 0 saturated carbocycles. The molecule has 3 rings (SSSR count). The highest BCUT2D eigenvalue weighted by atomic mass is 16.6. The summed E-state index contributed by atoms with van der Waals surface area (Å²) in [7, 11) is 0. The maximum Gasteiger partial charge on any atom is 0.138 e. The first kappa shape index (κ1) is 8.85. The minimum atomic E-state index is 0.439. The predicted octanol–water partition coefficient (Wildman–Crippen LogP) is 2.12. The Labute approximate surface area is 87.2 Å². The van der Waals surface area contributed by atoms with E-state index in [2.05, 4.69) is 16.4 Å². The molecule has 1 unspecified atom stereocenters. The Morgan fingerprint density at radius 1 is 1.27 bits per heavy atom. The van der Waals surface area contributed by atoms with E-state index in [4.69, 9.17) is 9.37 Å². The number of benzene rings is 1. The van der Waals surface area contributed by atoms with Gasteiger partial charge in [-0.25, -0.2) is 4.63 Å². The summed E-state index contributed by atoms with van der Waals surface area (Å²) in [5, 5.41) is 7.80. The molecule has 1 fully saturated rings. The van der Waals surface area contributed by atoms with Gasteiger partial charge < -0.3 is 4.74 Å². The van der Waals surface area contributed by atoms with E-state index in [9.17, 15) is 0 Å². The van der Waals surface area contributed by atoms with Crippen LogP contribution in [0.15, 0.2) is 22.8 Å². The van der Waals surface area contributed by atoms with Crippen LogP contribution in [-0.2, 0) is 4.74 Å². The monoisotopic (exact) mass is 204 g/mol. The maximum atomic E-state index is 5.48. The molecular formula is C11H12N2O2. The van der Waals surface area contributed by atoms with Crippen molar-refractivity contribution in [1.82, 2.24) is 10.3 Å². The minimum Gasteiger partial charge on any atom is -0.381 e. The number of ether oxygens (including phenoxy) is 1. The molecule has 78 valence electrons. The normalized spacial score (nSPS) is 22.0. The van der Waals surface area contributed by atoms with Gasteiger partial charge in [0.15, 0.2) is 0 Å². The smallest absolute Gasteiger partial charge is 0.138 e. The summed E-state index contributed by atoms with van der Waals surface area (Å²) in [5.41, 5.74) is 2.92. The van der Waals surface area contributed by atoms with Crippen molar-refractivity contribution in [2.75, 3.05) is 13.2 Å². The van der Waals surface area contributed by atoms with Crippen LogP contribution in [0.3, 0.4) is 0 Å². The van der Waals surface area contributed by atoms with Crippen LogP contribution in [0.1, 0.15) is 24.3 Å². The number of hydrogen-bond donors (Lipinski definition) is 0. The lowest BCUT2D eigenvalue weighted by Gasteiger charge is -2.22. The summed E-state index contributed by atoms with van der Waals surface area (Å²) in [6.07, 6.45) is 2.28. The van der Waals surface area contributed by atoms with E-state index in [0.717, 1.165) is 37.1 Å². The molecule has 0 bridgehead atoms. The zero-order valence-corrected chi connectivity index (χ0v) is 8.35. The van der Waals surface area contributed by atoms with Gasteiger partial charge in [0.05, 0.1) is 6.61 Å². The van der Waals surface area contributed by atoms with Crippen LogP contribution in [-0.4, -0.2) is 23.5 Å². The van der Waals surface area contributed by atoms with Gasteiger partial charge in [0, 0.05) is 12.5 Å². The third kappa shape index (κ3) is 1.51. The molecule has 0 spiro atoms. The van der Waals surface area contributed by atoms with E-state index in [1.54, 1.807) is 0 Å². The zero-order chi connectivity index (χ0) is 10.1. The summed E-state index contributed by atoms with van der Waals surface area (Å²) in [6.45, 7) is 1.66. The highest BCUT2D eigenvalue weighted by Crippen LogP contribution is 2.29. The Morgan fingerprint density at radius 3 is 3.13 bits per heavy atom. The summed E-state index contributed by atoms with van der Waals surface area (Å²) < 4.78 is 10.2. The first-order valence-corrected chi connectivity index (χ1v) is 5.24. The molecule has 15 heavy (non-hydrogen) atoms. The molecule has 0 aliphatic carbocycles. The second-order valence-corrected chi connectivity index (χ2v) is 3.89. The van der Waals surface area contributed by atoms with Gasteiger partial charge in [0.1, 0.15) is 11.0 Å². The van der Waals surface area contributed by atoms with Gasteiger partial charge in [0.2, 0.25) is 0 Å². The Kier molecular flexibility index (Phi) is 2.14. The Bertz CT molecular complexity index is 460. The van der Waals surface area contributed by atoms with E-state index in [1.165, 1.54) is 5.56 Å². The van der Waals surface area contributed by atoms with Crippen LogP contribution in [0.2, 0.25) is 0 Å². The van der Waals surface area contributed by atoms with Crippen molar-refractivity contribution in [3.8, 4) is 0 Å². The van der Waals surface area contributed by atoms with E-state index in [-0.39, 0.29) is 0 Å². The molecule has 2 aromatic rings. The molecule has 4 heteroatoms. The Hall–Kier alpha value is -1.42. The molecule has 0 N–H and O–H groups in total. The van der Waals surface area contributed by atoms with E-state index < -0.39 is 0 Å². The topological polar surface area (TPSA) is 48.2 Å². The fourth-order valence-corrected chi connectivity index (χ4v) is 2.14. The predicted molar refractivity (Wildman–Crippen MR) is 54.6 cm³/mol. The van der Waals surface area contributed by atoms with E-state index >= 15 is 0 Å². The van der Waals surface area contributed by atoms with Crippen molar-refractivity contribution in [2.45, 2.75) is 18.8 Å². The van der Waals surface area contributed by atoms with Crippen molar-refractivity contribution in [3.63, 3.8) is 0 Å². The number of rotatable bonds is 1. The summed E-state index contributed by atoms with van der Waals surface area (Å²) in [6, 6.07) is 6.00. The Balaban J connectivity index is 2.05. The second-order valence-electron chi connectivity index (χ2n) is 3.89. The van der Waals surface area contributed by atoms with Crippen LogP contribution in [0.5, 0.6) is 0 Å². The molecule has 0 amide bonds. The van der Waals surface area contributed by atoms with Crippen LogP contribution in [0, 0.1) is 0 Å². The standard InChI is InChI=1S/C11H12N2O2/c1-4-9(8-3-2-6-14-7-8)11-10(5-1)12-15-13-11/h1,4-5,8H,2-3,6-7H2. The van der Waals surface area contributed by atoms with Crippen LogP contribution < -0.4 is 0 Å². The van der Waals surface area contributed by atoms with Crippen LogP contribution >= 0.6 is 0 Å². The van der Waals surface area contributed by atoms with Crippen LogP contribution in [0.25, 0.3) is 11.0 Å². The van der Waals surface area contributed by atoms with Gasteiger partial charge in [-0.05, 0) is 34.8 Å². The second kappa shape index (κ2) is 3.62. The highest BCUT2D eigenvalue weighted by molar-refractivity contribution is 5.77. The largest absolute Gasteiger partial charge is 0.381 e. The SMILES string of the molecule is c1cc(C2CCCOC2)c2nonc2c1. The van der Waals surface area contributed by atoms with E-state index in [1.807, 2.05) is 12.1 Å². The van der Waals surface area contributed by atoms with E-state index in [0.29, 0.717) is 5.92 Å².